The first-order valence-corrected chi connectivity index (χ1v) is 8.57. The van der Waals surface area contributed by atoms with Crippen molar-refractivity contribution in [2.45, 2.75) is 37.1 Å². The quantitative estimate of drug-likeness (QED) is 0.891. The number of phenolic OH excluding ortho intramolecular Hbond substituents is 1. The van der Waals surface area contributed by atoms with E-state index in [0.29, 0.717) is 23.5 Å². The molecule has 3 atom stereocenters. The molecule has 1 fully saturated rings. The van der Waals surface area contributed by atoms with Gasteiger partial charge in [-0.05, 0) is 36.9 Å². The van der Waals surface area contributed by atoms with Gasteiger partial charge in [0.05, 0.1) is 21.3 Å². The van der Waals surface area contributed by atoms with Gasteiger partial charge in [0, 0.05) is 29.9 Å². The normalized spacial score (nSPS) is 31.1. The smallest absolute Gasteiger partial charge is 0.161 e. The van der Waals surface area contributed by atoms with Crippen LogP contribution in [0.4, 0.5) is 0 Å². The Morgan fingerprint density at radius 1 is 1.08 bits per heavy atom. The van der Waals surface area contributed by atoms with E-state index < -0.39 is 0 Å². The van der Waals surface area contributed by atoms with E-state index in [-0.39, 0.29) is 5.41 Å². The number of aromatic hydroxyl groups is 1. The molecule has 2 unspecified atom stereocenters. The summed E-state index contributed by atoms with van der Waals surface area (Å²) < 4.78 is 16.7. The summed E-state index contributed by atoms with van der Waals surface area (Å²) in [4.78, 5) is 0. The van der Waals surface area contributed by atoms with E-state index in [1.54, 1.807) is 21.3 Å². The summed E-state index contributed by atoms with van der Waals surface area (Å²) in [5.74, 6) is 3.10. The summed E-state index contributed by atoms with van der Waals surface area (Å²) in [5, 5.41) is 14.6. The van der Waals surface area contributed by atoms with Gasteiger partial charge in [-0.15, -0.1) is 0 Å². The Labute approximate surface area is 142 Å². The number of hydrogen-bond acceptors (Lipinski definition) is 5. The summed E-state index contributed by atoms with van der Waals surface area (Å²) >= 11 is 0. The van der Waals surface area contributed by atoms with Gasteiger partial charge in [-0.1, -0.05) is 6.07 Å². The van der Waals surface area contributed by atoms with Crippen molar-refractivity contribution in [1.82, 2.24) is 5.32 Å². The largest absolute Gasteiger partial charge is 0.504 e. The van der Waals surface area contributed by atoms with Gasteiger partial charge in [0.1, 0.15) is 11.5 Å². The first kappa shape index (κ1) is 15.6. The molecule has 2 N–H and O–H groups in total. The molecule has 2 aliphatic carbocycles. The molecule has 24 heavy (non-hydrogen) atoms. The van der Waals surface area contributed by atoms with Crippen LogP contribution in [0.25, 0.3) is 0 Å². The van der Waals surface area contributed by atoms with Crippen LogP contribution in [-0.2, 0) is 21.3 Å². The summed E-state index contributed by atoms with van der Waals surface area (Å²) in [5.41, 5.74) is 2.17. The number of ether oxygens (including phenoxy) is 3. The molecule has 1 aromatic carbocycles. The maximum Gasteiger partial charge on any atom is 0.161 e. The fourth-order valence-electron chi connectivity index (χ4n) is 5.19. The molecule has 130 valence electrons. The molecule has 5 heteroatoms. The molecule has 3 aliphatic rings. The van der Waals surface area contributed by atoms with Crippen LogP contribution in [0.3, 0.4) is 0 Å². The highest BCUT2D eigenvalue weighted by atomic mass is 16.5. The number of phenols is 1. The molecule has 5 nitrogen and oxygen atoms in total. The zero-order chi connectivity index (χ0) is 16.9. The Morgan fingerprint density at radius 2 is 1.88 bits per heavy atom. The third-order valence-corrected chi connectivity index (χ3v) is 6.24. The van der Waals surface area contributed by atoms with Crippen molar-refractivity contribution < 1.29 is 19.3 Å². The Kier molecular flexibility index (Phi) is 3.64. The topological polar surface area (TPSA) is 60.0 Å². The van der Waals surface area contributed by atoms with Crippen LogP contribution >= 0.6 is 0 Å². The molecule has 0 radical (unpaired) electrons. The minimum Gasteiger partial charge on any atom is -0.504 e. The lowest BCUT2D eigenvalue weighted by atomic mass is 9.53. The predicted molar refractivity (Wildman–Crippen MR) is 90.2 cm³/mol. The van der Waals surface area contributed by atoms with Crippen molar-refractivity contribution in [2.75, 3.05) is 27.9 Å². The predicted octanol–water partition coefficient (Wildman–Crippen LogP) is 2.47. The van der Waals surface area contributed by atoms with E-state index in [0.717, 1.165) is 49.3 Å². The molecule has 0 aromatic heterocycles. The van der Waals surface area contributed by atoms with E-state index in [2.05, 4.69) is 11.4 Å². The summed E-state index contributed by atoms with van der Waals surface area (Å²) in [6, 6.07) is 4.38. The number of allylic oxidation sites excluding steroid dienone is 2. The highest BCUT2D eigenvalue weighted by Gasteiger charge is 2.55. The lowest BCUT2D eigenvalue weighted by molar-refractivity contribution is 0.0584. The molecule has 0 amide bonds. The Balaban J connectivity index is 1.93. The molecule has 0 saturated carbocycles. The molecular formula is C19H25NO4. The fourth-order valence-corrected chi connectivity index (χ4v) is 5.19. The monoisotopic (exact) mass is 331 g/mol. The van der Waals surface area contributed by atoms with Gasteiger partial charge in [-0.25, -0.2) is 0 Å². The van der Waals surface area contributed by atoms with Gasteiger partial charge in [0.2, 0.25) is 0 Å². The minimum atomic E-state index is -0.116. The van der Waals surface area contributed by atoms with Crippen molar-refractivity contribution >= 4 is 0 Å². The van der Waals surface area contributed by atoms with Crippen molar-refractivity contribution in [2.24, 2.45) is 5.92 Å². The van der Waals surface area contributed by atoms with Crippen molar-refractivity contribution in [3.8, 4) is 11.5 Å². The number of piperidine rings is 1. The van der Waals surface area contributed by atoms with Gasteiger partial charge in [0.25, 0.3) is 0 Å². The van der Waals surface area contributed by atoms with Crippen LogP contribution in [0.15, 0.2) is 23.7 Å². The standard InChI is InChI=1S/C19H25NO4/c1-22-14-5-4-11-8-13-12-9-15(23-2)16(24-3)10-19(12,6-7-20-13)17(11)18(14)21/h4-5,12-13,20-21H,6-10H2,1-3H3/t12?,13?,19-/m1/s1. The third kappa shape index (κ3) is 1.97. The second kappa shape index (κ2) is 5.59. The summed E-state index contributed by atoms with van der Waals surface area (Å²) in [6.07, 6.45) is 3.51. The van der Waals surface area contributed by atoms with Gasteiger partial charge in [-0.2, -0.15) is 0 Å². The van der Waals surface area contributed by atoms with Crippen LogP contribution in [0.1, 0.15) is 30.4 Å². The molecule has 4 rings (SSSR count). The van der Waals surface area contributed by atoms with Crippen molar-refractivity contribution in [3.63, 3.8) is 0 Å². The lowest BCUT2D eigenvalue weighted by Gasteiger charge is -2.55. The fraction of sp³-hybridized carbons (Fsp3) is 0.579. The van der Waals surface area contributed by atoms with Crippen LogP contribution in [-0.4, -0.2) is 39.0 Å². The highest BCUT2D eigenvalue weighted by Crippen LogP contribution is 2.58. The Bertz CT molecular complexity index is 699. The number of methoxy groups -OCH3 is 3. The van der Waals surface area contributed by atoms with E-state index in [4.69, 9.17) is 14.2 Å². The van der Waals surface area contributed by atoms with Crippen LogP contribution in [0, 0.1) is 5.92 Å². The van der Waals surface area contributed by atoms with E-state index in [1.807, 2.05) is 6.07 Å². The maximum atomic E-state index is 10.9. The highest BCUT2D eigenvalue weighted by molar-refractivity contribution is 5.57. The van der Waals surface area contributed by atoms with Crippen LogP contribution < -0.4 is 10.1 Å². The van der Waals surface area contributed by atoms with Gasteiger partial charge in [0.15, 0.2) is 11.5 Å². The van der Waals surface area contributed by atoms with Crippen LogP contribution in [0.5, 0.6) is 11.5 Å². The first-order valence-electron chi connectivity index (χ1n) is 8.57. The molecule has 1 aromatic rings. The average molecular weight is 331 g/mol. The van der Waals surface area contributed by atoms with E-state index in [1.165, 1.54) is 5.56 Å². The van der Waals surface area contributed by atoms with E-state index >= 15 is 0 Å². The molecule has 0 spiro atoms. The number of rotatable bonds is 3. The Hall–Kier alpha value is -1.88. The maximum absolute atomic E-state index is 10.9. The van der Waals surface area contributed by atoms with Gasteiger partial charge in [-0.3, -0.25) is 0 Å². The zero-order valence-electron chi connectivity index (χ0n) is 14.5. The summed E-state index contributed by atoms with van der Waals surface area (Å²) in [7, 11) is 5.03. The molecule has 1 heterocycles. The first-order chi connectivity index (χ1) is 11.6. The van der Waals surface area contributed by atoms with Crippen molar-refractivity contribution in [3.05, 3.63) is 34.8 Å². The zero-order valence-corrected chi connectivity index (χ0v) is 14.5. The number of nitrogens with one attached hydrogen (secondary N) is 1. The second-order valence-corrected chi connectivity index (χ2v) is 7.06. The van der Waals surface area contributed by atoms with E-state index in [9.17, 15) is 5.11 Å². The van der Waals surface area contributed by atoms with Crippen LogP contribution in [0.2, 0.25) is 0 Å². The molecule has 1 aliphatic heterocycles. The lowest BCUT2D eigenvalue weighted by Crippen LogP contribution is -2.59. The van der Waals surface area contributed by atoms with Gasteiger partial charge >= 0.3 is 0 Å². The average Bonchev–Trinajstić information content (AvgIpc) is 2.60. The molecule has 1 saturated heterocycles. The number of fused-ring (bicyclic) bond motifs is 1. The Morgan fingerprint density at radius 3 is 2.58 bits per heavy atom. The summed E-state index contributed by atoms with van der Waals surface area (Å²) in [6.45, 7) is 0.955. The third-order valence-electron chi connectivity index (χ3n) is 6.24. The van der Waals surface area contributed by atoms with Gasteiger partial charge < -0.3 is 24.6 Å². The SMILES string of the molecule is COC1=C(OC)C[C@@]23CCNC(Cc4ccc(OC)c(O)c42)C3C1. The molecule has 2 bridgehead atoms. The second-order valence-electron chi connectivity index (χ2n) is 7.06. The molecular weight excluding hydrogens is 306 g/mol. The minimum absolute atomic E-state index is 0.116. The number of benzene rings is 1. The van der Waals surface area contributed by atoms with Crippen molar-refractivity contribution in [1.29, 1.82) is 0 Å². The number of hydrogen-bond donors (Lipinski definition) is 2.